The molecule has 1 heterocycles. The molecule has 0 saturated heterocycles. The van der Waals surface area contributed by atoms with Crippen molar-refractivity contribution in [1.29, 1.82) is 0 Å². The minimum atomic E-state index is -4.35. The van der Waals surface area contributed by atoms with Gasteiger partial charge >= 0.3 is 6.18 Å². The van der Waals surface area contributed by atoms with E-state index in [1.807, 2.05) is 6.92 Å². The first-order valence-electron chi connectivity index (χ1n) is 6.32. The van der Waals surface area contributed by atoms with Gasteiger partial charge in [-0.05, 0) is 45.2 Å². The molecule has 0 aromatic carbocycles. The number of alkyl halides is 3. The fourth-order valence-corrected chi connectivity index (χ4v) is 1.86. The lowest BCUT2D eigenvalue weighted by Gasteiger charge is -2.12. The van der Waals surface area contributed by atoms with Gasteiger partial charge in [-0.1, -0.05) is 0 Å². The standard InChI is InChI=1S/C12H18F3N3/c1-9(3-2-7-16-10-4-5-10)18-8-6-11(17-18)12(13,14)15/h6,8-10,16H,2-5,7H2,1H3. The molecule has 18 heavy (non-hydrogen) atoms. The van der Waals surface area contributed by atoms with E-state index in [1.165, 1.54) is 23.7 Å². The van der Waals surface area contributed by atoms with Crippen molar-refractivity contribution in [3.63, 3.8) is 0 Å². The molecule has 6 heteroatoms. The first-order valence-corrected chi connectivity index (χ1v) is 6.32. The Morgan fingerprint density at radius 2 is 2.22 bits per heavy atom. The molecular formula is C12H18F3N3. The van der Waals surface area contributed by atoms with E-state index in [0.717, 1.165) is 25.5 Å². The molecule has 0 spiro atoms. The zero-order valence-electron chi connectivity index (χ0n) is 10.4. The molecule has 2 rings (SSSR count). The Hall–Kier alpha value is -1.04. The summed E-state index contributed by atoms with van der Waals surface area (Å²) in [5, 5.41) is 6.96. The topological polar surface area (TPSA) is 29.9 Å². The molecule has 0 bridgehead atoms. The molecule has 3 nitrogen and oxygen atoms in total. The maximum Gasteiger partial charge on any atom is 0.435 e. The number of aromatic nitrogens is 2. The van der Waals surface area contributed by atoms with Gasteiger partial charge in [-0.25, -0.2) is 0 Å². The maximum atomic E-state index is 12.4. The Balaban J connectivity index is 1.76. The van der Waals surface area contributed by atoms with Gasteiger partial charge in [-0.3, -0.25) is 4.68 Å². The molecule has 1 unspecified atom stereocenters. The second-order valence-electron chi connectivity index (χ2n) is 4.90. The molecule has 0 amide bonds. The molecule has 0 radical (unpaired) electrons. The molecule has 1 aromatic rings. The summed E-state index contributed by atoms with van der Waals surface area (Å²) in [6.45, 7) is 2.83. The third kappa shape index (κ3) is 3.73. The van der Waals surface area contributed by atoms with Crippen LogP contribution in [0.1, 0.15) is 44.3 Å². The van der Waals surface area contributed by atoms with Crippen molar-refractivity contribution in [3.8, 4) is 0 Å². The van der Waals surface area contributed by atoms with Crippen molar-refractivity contribution in [2.45, 2.75) is 50.9 Å². The number of nitrogens with one attached hydrogen (secondary N) is 1. The summed E-state index contributed by atoms with van der Waals surface area (Å²) >= 11 is 0. The first kappa shape index (κ1) is 13.4. The number of halogens is 3. The molecule has 1 fully saturated rings. The molecule has 1 aliphatic carbocycles. The zero-order chi connectivity index (χ0) is 13.2. The summed E-state index contributed by atoms with van der Waals surface area (Å²) in [7, 11) is 0. The Morgan fingerprint density at radius 1 is 1.50 bits per heavy atom. The van der Waals surface area contributed by atoms with Crippen molar-refractivity contribution in [2.75, 3.05) is 6.54 Å². The molecule has 1 saturated carbocycles. The number of nitrogens with zero attached hydrogens (tertiary/aromatic N) is 2. The van der Waals surface area contributed by atoms with Gasteiger partial charge in [0.15, 0.2) is 5.69 Å². The third-order valence-corrected chi connectivity index (χ3v) is 3.16. The highest BCUT2D eigenvalue weighted by Crippen LogP contribution is 2.28. The monoisotopic (exact) mass is 261 g/mol. The van der Waals surface area contributed by atoms with Crippen molar-refractivity contribution in [3.05, 3.63) is 18.0 Å². The number of rotatable bonds is 6. The van der Waals surface area contributed by atoms with E-state index < -0.39 is 11.9 Å². The Bertz CT molecular complexity index is 382. The van der Waals surface area contributed by atoms with Gasteiger partial charge in [0.05, 0.1) is 0 Å². The van der Waals surface area contributed by atoms with Crippen LogP contribution >= 0.6 is 0 Å². The highest BCUT2D eigenvalue weighted by atomic mass is 19.4. The van der Waals surface area contributed by atoms with Crippen LogP contribution in [0.3, 0.4) is 0 Å². The van der Waals surface area contributed by atoms with Gasteiger partial charge in [-0.15, -0.1) is 0 Å². The van der Waals surface area contributed by atoms with Gasteiger partial charge < -0.3 is 5.32 Å². The molecule has 1 aromatic heterocycles. The van der Waals surface area contributed by atoms with Crippen LogP contribution in [0.2, 0.25) is 0 Å². The lowest BCUT2D eigenvalue weighted by atomic mass is 10.2. The highest BCUT2D eigenvalue weighted by Gasteiger charge is 2.33. The second-order valence-corrected chi connectivity index (χ2v) is 4.90. The van der Waals surface area contributed by atoms with Crippen LogP contribution in [0.4, 0.5) is 13.2 Å². The Kier molecular flexibility index (Phi) is 3.94. The largest absolute Gasteiger partial charge is 0.435 e. The highest BCUT2D eigenvalue weighted by molar-refractivity contribution is 5.03. The quantitative estimate of drug-likeness (QED) is 0.798. The molecule has 1 aliphatic rings. The Labute approximate surface area is 104 Å². The second kappa shape index (κ2) is 5.30. The van der Waals surface area contributed by atoms with Crippen LogP contribution in [0, 0.1) is 0 Å². The molecule has 102 valence electrons. The Morgan fingerprint density at radius 3 is 2.78 bits per heavy atom. The first-order chi connectivity index (χ1) is 8.47. The third-order valence-electron chi connectivity index (χ3n) is 3.16. The minimum Gasteiger partial charge on any atom is -0.314 e. The van der Waals surface area contributed by atoms with Crippen molar-refractivity contribution < 1.29 is 13.2 Å². The van der Waals surface area contributed by atoms with E-state index in [9.17, 15) is 13.2 Å². The van der Waals surface area contributed by atoms with Crippen LogP contribution in [0.15, 0.2) is 12.3 Å². The fraction of sp³-hybridized carbons (Fsp3) is 0.750. The van der Waals surface area contributed by atoms with Crippen molar-refractivity contribution in [2.24, 2.45) is 0 Å². The van der Waals surface area contributed by atoms with Gasteiger partial charge in [0.2, 0.25) is 0 Å². The lowest BCUT2D eigenvalue weighted by Crippen LogP contribution is -2.18. The summed E-state index contributed by atoms with van der Waals surface area (Å²) in [6.07, 6.45) is 1.35. The van der Waals surface area contributed by atoms with Gasteiger partial charge in [0.25, 0.3) is 0 Å². The van der Waals surface area contributed by atoms with Gasteiger partial charge in [0.1, 0.15) is 0 Å². The van der Waals surface area contributed by atoms with E-state index >= 15 is 0 Å². The predicted molar refractivity (Wildman–Crippen MR) is 62.2 cm³/mol. The van der Waals surface area contributed by atoms with Crippen LogP contribution in [0.25, 0.3) is 0 Å². The summed E-state index contributed by atoms with van der Waals surface area (Å²) in [6, 6.07) is 1.71. The zero-order valence-corrected chi connectivity index (χ0v) is 10.4. The summed E-state index contributed by atoms with van der Waals surface area (Å²) < 4.78 is 38.5. The molecular weight excluding hydrogens is 243 g/mol. The minimum absolute atomic E-state index is 0.00195. The van der Waals surface area contributed by atoms with Crippen LogP contribution in [-0.2, 0) is 6.18 Å². The predicted octanol–water partition coefficient (Wildman–Crippen LogP) is 3.00. The van der Waals surface area contributed by atoms with E-state index in [0.29, 0.717) is 6.04 Å². The molecule has 1 atom stereocenters. The van der Waals surface area contributed by atoms with Crippen molar-refractivity contribution >= 4 is 0 Å². The number of hydrogen-bond donors (Lipinski definition) is 1. The summed E-state index contributed by atoms with van der Waals surface area (Å²) in [4.78, 5) is 0. The van der Waals surface area contributed by atoms with Crippen LogP contribution < -0.4 is 5.32 Å². The van der Waals surface area contributed by atoms with Gasteiger partial charge in [-0.2, -0.15) is 18.3 Å². The summed E-state index contributed by atoms with van der Waals surface area (Å²) in [5.74, 6) is 0. The number of hydrogen-bond acceptors (Lipinski definition) is 2. The van der Waals surface area contributed by atoms with E-state index in [-0.39, 0.29) is 6.04 Å². The van der Waals surface area contributed by atoms with Gasteiger partial charge in [0, 0.05) is 18.3 Å². The molecule has 1 N–H and O–H groups in total. The van der Waals surface area contributed by atoms with Crippen LogP contribution in [0.5, 0.6) is 0 Å². The lowest BCUT2D eigenvalue weighted by molar-refractivity contribution is -0.141. The van der Waals surface area contributed by atoms with Crippen LogP contribution in [-0.4, -0.2) is 22.4 Å². The normalized spacial score (nSPS) is 18.0. The van der Waals surface area contributed by atoms with Crippen molar-refractivity contribution in [1.82, 2.24) is 15.1 Å². The average Bonchev–Trinajstić information content (AvgIpc) is 2.95. The summed E-state index contributed by atoms with van der Waals surface area (Å²) in [5.41, 5.74) is -0.814. The molecule has 0 aliphatic heterocycles. The van der Waals surface area contributed by atoms with E-state index in [1.54, 1.807) is 0 Å². The smallest absolute Gasteiger partial charge is 0.314 e. The van der Waals surface area contributed by atoms with E-state index in [2.05, 4.69) is 10.4 Å². The average molecular weight is 261 g/mol. The maximum absolute atomic E-state index is 12.4. The fourth-order valence-electron chi connectivity index (χ4n) is 1.86. The van der Waals surface area contributed by atoms with E-state index in [4.69, 9.17) is 0 Å². The SMILES string of the molecule is CC(CCCNC1CC1)n1ccc(C(F)(F)F)n1.